The zero-order valence-corrected chi connectivity index (χ0v) is 12.6. The van der Waals surface area contributed by atoms with Gasteiger partial charge in [0.1, 0.15) is 11.5 Å². The number of para-hydroxylation sites is 1. The van der Waals surface area contributed by atoms with Crippen molar-refractivity contribution in [3.8, 4) is 11.5 Å². The van der Waals surface area contributed by atoms with Crippen molar-refractivity contribution < 1.29 is 35.8 Å². The highest BCUT2D eigenvalue weighted by Crippen LogP contribution is 2.26. The summed E-state index contributed by atoms with van der Waals surface area (Å²) < 4.78 is 81.3. The van der Waals surface area contributed by atoms with E-state index in [4.69, 9.17) is 0 Å². The molecule has 0 amide bonds. The van der Waals surface area contributed by atoms with Gasteiger partial charge in [-0.2, -0.15) is 0 Å². The first-order chi connectivity index (χ1) is 11.6. The molecule has 2 rings (SSSR count). The maximum atomic E-state index is 12.3. The van der Waals surface area contributed by atoms with Crippen molar-refractivity contribution in [1.29, 1.82) is 0 Å². The number of halogens is 6. The van der Waals surface area contributed by atoms with Gasteiger partial charge in [0.05, 0.1) is 0 Å². The molecule has 25 heavy (non-hydrogen) atoms. The van der Waals surface area contributed by atoms with Gasteiger partial charge in [-0.1, -0.05) is 30.3 Å². The average molecular weight is 365 g/mol. The first kappa shape index (κ1) is 18.9. The highest BCUT2D eigenvalue weighted by molar-refractivity contribution is 5.33. The van der Waals surface area contributed by atoms with E-state index in [0.29, 0.717) is 5.56 Å². The standard InChI is InChI=1S/C16H13F6NO2/c17-15(18,19)24-13-6-3-4-11(8-13)9-23-10-12-5-1-2-7-14(12)25-16(20,21)22/h1-8,23H,9-10H2. The molecular weight excluding hydrogens is 352 g/mol. The molecular formula is C16H13F6NO2. The van der Waals surface area contributed by atoms with Crippen LogP contribution in [-0.2, 0) is 13.1 Å². The summed E-state index contributed by atoms with van der Waals surface area (Å²) in [6, 6.07) is 10.9. The molecule has 0 unspecified atom stereocenters. The van der Waals surface area contributed by atoms with E-state index in [1.54, 1.807) is 12.1 Å². The fourth-order valence-electron chi connectivity index (χ4n) is 2.07. The van der Waals surface area contributed by atoms with E-state index in [0.717, 1.165) is 6.07 Å². The number of rotatable bonds is 6. The van der Waals surface area contributed by atoms with Gasteiger partial charge in [-0.3, -0.25) is 0 Å². The lowest BCUT2D eigenvalue weighted by atomic mass is 10.2. The summed E-state index contributed by atoms with van der Waals surface area (Å²) in [4.78, 5) is 0. The molecule has 0 aromatic heterocycles. The summed E-state index contributed by atoms with van der Waals surface area (Å²) in [6.45, 7) is 0.173. The SMILES string of the molecule is FC(F)(F)Oc1cccc(CNCc2ccccc2OC(F)(F)F)c1. The third-order valence-corrected chi connectivity index (χ3v) is 2.97. The van der Waals surface area contributed by atoms with Gasteiger partial charge in [0.15, 0.2) is 0 Å². The lowest BCUT2D eigenvalue weighted by molar-refractivity contribution is -0.275. The van der Waals surface area contributed by atoms with Crippen molar-refractivity contribution in [2.24, 2.45) is 0 Å². The maximum Gasteiger partial charge on any atom is 0.573 e. The minimum atomic E-state index is -4.81. The fourth-order valence-corrected chi connectivity index (χ4v) is 2.07. The lowest BCUT2D eigenvalue weighted by Gasteiger charge is -2.14. The summed E-state index contributed by atoms with van der Waals surface area (Å²) in [5.41, 5.74) is 0.749. The second-order valence-corrected chi connectivity index (χ2v) is 4.95. The molecule has 0 aliphatic heterocycles. The molecule has 3 nitrogen and oxygen atoms in total. The number of ether oxygens (including phenoxy) is 2. The van der Waals surface area contributed by atoms with E-state index >= 15 is 0 Å². The first-order valence-electron chi connectivity index (χ1n) is 7.01. The minimum absolute atomic E-state index is 0.0383. The van der Waals surface area contributed by atoms with Crippen LogP contribution in [-0.4, -0.2) is 12.7 Å². The monoisotopic (exact) mass is 365 g/mol. The third-order valence-electron chi connectivity index (χ3n) is 2.97. The molecule has 0 saturated heterocycles. The van der Waals surface area contributed by atoms with Crippen molar-refractivity contribution in [2.45, 2.75) is 25.8 Å². The Morgan fingerprint density at radius 3 is 2.12 bits per heavy atom. The fraction of sp³-hybridized carbons (Fsp3) is 0.250. The van der Waals surface area contributed by atoms with Crippen molar-refractivity contribution in [2.75, 3.05) is 0 Å². The van der Waals surface area contributed by atoms with Crippen LogP contribution in [0.4, 0.5) is 26.3 Å². The number of alkyl halides is 6. The molecule has 9 heteroatoms. The van der Waals surface area contributed by atoms with Crippen LogP contribution in [0.5, 0.6) is 11.5 Å². The summed E-state index contributed by atoms with van der Waals surface area (Å²) in [7, 11) is 0. The molecule has 0 bridgehead atoms. The second kappa shape index (κ2) is 7.64. The largest absolute Gasteiger partial charge is 0.573 e. The van der Waals surface area contributed by atoms with Crippen LogP contribution in [0.3, 0.4) is 0 Å². The van der Waals surface area contributed by atoms with E-state index in [1.165, 1.54) is 30.3 Å². The normalized spacial score (nSPS) is 12.1. The lowest BCUT2D eigenvalue weighted by Crippen LogP contribution is -2.20. The predicted octanol–water partition coefficient (Wildman–Crippen LogP) is 4.77. The summed E-state index contributed by atoms with van der Waals surface area (Å²) in [5.74, 6) is -0.704. The van der Waals surface area contributed by atoms with Gasteiger partial charge in [-0.25, -0.2) is 0 Å². The highest BCUT2D eigenvalue weighted by Gasteiger charge is 2.32. The Morgan fingerprint density at radius 2 is 1.44 bits per heavy atom. The van der Waals surface area contributed by atoms with Gasteiger partial charge in [-0.15, -0.1) is 26.3 Å². The Balaban J connectivity index is 1.96. The first-order valence-corrected chi connectivity index (χ1v) is 7.01. The predicted molar refractivity (Wildman–Crippen MR) is 76.8 cm³/mol. The van der Waals surface area contributed by atoms with Gasteiger partial charge in [0, 0.05) is 18.7 Å². The molecule has 1 N–H and O–H groups in total. The Morgan fingerprint density at radius 1 is 0.760 bits per heavy atom. The Kier molecular flexibility index (Phi) is 5.78. The topological polar surface area (TPSA) is 30.5 Å². The average Bonchev–Trinajstić information content (AvgIpc) is 2.46. The van der Waals surface area contributed by atoms with Crippen molar-refractivity contribution in [3.63, 3.8) is 0 Å². The van der Waals surface area contributed by atoms with E-state index in [9.17, 15) is 26.3 Å². The Labute approximate surface area is 139 Å². The molecule has 2 aromatic rings. The number of nitrogens with one attached hydrogen (secondary N) is 1. The zero-order valence-electron chi connectivity index (χ0n) is 12.6. The zero-order chi connectivity index (χ0) is 18.5. The van der Waals surface area contributed by atoms with Crippen LogP contribution in [0.2, 0.25) is 0 Å². The van der Waals surface area contributed by atoms with Crippen LogP contribution < -0.4 is 14.8 Å². The summed E-state index contributed by atoms with van der Waals surface area (Å²) in [5, 5.41) is 2.85. The molecule has 2 aromatic carbocycles. The van der Waals surface area contributed by atoms with E-state index in [2.05, 4.69) is 14.8 Å². The Bertz CT molecular complexity index is 700. The number of hydrogen-bond donors (Lipinski definition) is 1. The summed E-state index contributed by atoms with van der Waals surface area (Å²) >= 11 is 0. The maximum absolute atomic E-state index is 12.3. The number of hydrogen-bond acceptors (Lipinski definition) is 3. The molecule has 0 aliphatic carbocycles. The van der Waals surface area contributed by atoms with Gasteiger partial charge in [0.2, 0.25) is 0 Å². The van der Waals surface area contributed by atoms with E-state index in [1.807, 2.05) is 0 Å². The van der Waals surface area contributed by atoms with E-state index in [-0.39, 0.29) is 30.2 Å². The second-order valence-electron chi connectivity index (χ2n) is 4.95. The van der Waals surface area contributed by atoms with Gasteiger partial charge >= 0.3 is 12.7 Å². The smallest absolute Gasteiger partial charge is 0.406 e. The minimum Gasteiger partial charge on any atom is -0.406 e. The van der Waals surface area contributed by atoms with Crippen molar-refractivity contribution in [1.82, 2.24) is 5.32 Å². The van der Waals surface area contributed by atoms with Gasteiger partial charge < -0.3 is 14.8 Å². The summed E-state index contributed by atoms with van der Waals surface area (Å²) in [6.07, 6.45) is -9.60. The van der Waals surface area contributed by atoms with Crippen LogP contribution >= 0.6 is 0 Å². The van der Waals surface area contributed by atoms with Gasteiger partial charge in [0.25, 0.3) is 0 Å². The molecule has 0 radical (unpaired) electrons. The molecule has 0 spiro atoms. The van der Waals surface area contributed by atoms with Crippen LogP contribution in [0.15, 0.2) is 48.5 Å². The third kappa shape index (κ3) is 6.92. The van der Waals surface area contributed by atoms with E-state index < -0.39 is 12.7 Å². The highest BCUT2D eigenvalue weighted by atomic mass is 19.4. The molecule has 0 atom stereocenters. The molecule has 0 heterocycles. The quantitative estimate of drug-likeness (QED) is 0.748. The van der Waals surface area contributed by atoms with Crippen molar-refractivity contribution in [3.05, 3.63) is 59.7 Å². The Hall–Kier alpha value is -2.42. The molecule has 0 fully saturated rings. The van der Waals surface area contributed by atoms with Crippen LogP contribution in [0.25, 0.3) is 0 Å². The van der Waals surface area contributed by atoms with Crippen molar-refractivity contribution >= 4 is 0 Å². The van der Waals surface area contributed by atoms with Crippen LogP contribution in [0.1, 0.15) is 11.1 Å². The van der Waals surface area contributed by atoms with Crippen LogP contribution in [0, 0.1) is 0 Å². The van der Waals surface area contributed by atoms with Gasteiger partial charge in [-0.05, 0) is 23.8 Å². The molecule has 136 valence electrons. The molecule has 0 saturated carbocycles. The number of benzene rings is 2. The molecule has 0 aliphatic rings.